The molecule has 1 rings (SSSR count). The molecule has 0 aromatic carbocycles. The average molecular weight is 158 g/mol. The number of hydrogen-bond acceptors (Lipinski definition) is 3. The third-order valence-corrected chi connectivity index (χ3v) is 2.38. The van der Waals surface area contributed by atoms with Gasteiger partial charge in [-0.3, -0.25) is 0 Å². The van der Waals surface area contributed by atoms with Crippen molar-refractivity contribution in [3.05, 3.63) is 0 Å². The lowest BCUT2D eigenvalue weighted by Crippen LogP contribution is -2.11. The van der Waals surface area contributed by atoms with Gasteiger partial charge in [-0.1, -0.05) is 13.8 Å². The Balaban J connectivity index is 2.46. The zero-order valence-corrected chi connectivity index (χ0v) is 7.37. The maximum Gasteiger partial charge on any atom is 0.0784 e. The summed E-state index contributed by atoms with van der Waals surface area (Å²) in [5.41, 5.74) is 4.34. The summed E-state index contributed by atoms with van der Waals surface area (Å²) in [7, 11) is 0. The van der Waals surface area contributed by atoms with Crippen molar-refractivity contribution in [2.24, 2.45) is 11.0 Å². The van der Waals surface area contributed by atoms with Crippen molar-refractivity contribution >= 4 is 17.5 Å². The third kappa shape index (κ3) is 2.21. The Morgan fingerprint density at radius 3 is 3.10 bits per heavy atom. The van der Waals surface area contributed by atoms with Crippen molar-refractivity contribution in [1.82, 2.24) is 5.43 Å². The van der Waals surface area contributed by atoms with Gasteiger partial charge in [0.05, 0.1) is 5.88 Å². The summed E-state index contributed by atoms with van der Waals surface area (Å²) >= 11 is 1.91. The molecule has 0 aromatic rings. The zero-order valence-electron chi connectivity index (χ0n) is 6.55. The maximum atomic E-state index is 4.27. The van der Waals surface area contributed by atoms with Crippen LogP contribution in [0.4, 0.5) is 0 Å². The van der Waals surface area contributed by atoms with Gasteiger partial charge >= 0.3 is 0 Å². The van der Waals surface area contributed by atoms with E-state index in [1.165, 1.54) is 11.5 Å². The van der Waals surface area contributed by atoms with Crippen LogP contribution in [0.2, 0.25) is 0 Å². The second-order valence-electron chi connectivity index (χ2n) is 2.72. The van der Waals surface area contributed by atoms with Crippen LogP contribution in [0.3, 0.4) is 0 Å². The highest BCUT2D eigenvalue weighted by atomic mass is 32.2. The molecule has 0 unspecified atom stereocenters. The molecule has 3 heteroatoms. The first kappa shape index (κ1) is 7.92. The summed E-state index contributed by atoms with van der Waals surface area (Å²) in [5, 5.41) is 4.27. The summed E-state index contributed by atoms with van der Waals surface area (Å²) < 4.78 is 0. The standard InChI is InChI=1S/C7H14N2S/c1-6(2)7-3-4-10-5-8-9-7/h6,8H,3-5H2,1-2H3. The van der Waals surface area contributed by atoms with Crippen LogP contribution >= 0.6 is 11.8 Å². The van der Waals surface area contributed by atoms with E-state index in [2.05, 4.69) is 24.4 Å². The molecule has 1 heterocycles. The van der Waals surface area contributed by atoms with E-state index in [0.717, 1.165) is 12.3 Å². The Kier molecular flexibility index (Phi) is 3.06. The molecule has 58 valence electrons. The summed E-state index contributed by atoms with van der Waals surface area (Å²) in [4.78, 5) is 0. The quantitative estimate of drug-likeness (QED) is 0.628. The highest BCUT2D eigenvalue weighted by Crippen LogP contribution is 2.09. The second kappa shape index (κ2) is 3.86. The van der Waals surface area contributed by atoms with Crippen LogP contribution in [0.15, 0.2) is 5.10 Å². The number of nitrogens with one attached hydrogen (secondary N) is 1. The minimum atomic E-state index is 0.603. The number of hydrazone groups is 1. The van der Waals surface area contributed by atoms with Gasteiger partial charge in [0.25, 0.3) is 0 Å². The molecule has 0 fully saturated rings. The Morgan fingerprint density at radius 2 is 2.40 bits per heavy atom. The highest BCUT2D eigenvalue weighted by molar-refractivity contribution is 7.99. The summed E-state index contributed by atoms with van der Waals surface area (Å²) in [6.45, 7) is 4.38. The monoisotopic (exact) mass is 158 g/mol. The minimum Gasteiger partial charge on any atom is -0.300 e. The van der Waals surface area contributed by atoms with E-state index >= 15 is 0 Å². The molecular weight excluding hydrogens is 144 g/mol. The van der Waals surface area contributed by atoms with E-state index in [0.29, 0.717) is 5.92 Å². The molecule has 0 aromatic heterocycles. The Bertz CT molecular complexity index is 132. The lowest BCUT2D eigenvalue weighted by molar-refractivity contribution is 0.804. The number of nitrogens with zero attached hydrogens (tertiary/aromatic N) is 1. The minimum absolute atomic E-state index is 0.603. The number of rotatable bonds is 1. The average Bonchev–Trinajstić information content (AvgIpc) is 2.12. The molecule has 0 spiro atoms. The van der Waals surface area contributed by atoms with Gasteiger partial charge in [0.2, 0.25) is 0 Å². The van der Waals surface area contributed by atoms with Gasteiger partial charge in [-0.2, -0.15) is 5.10 Å². The highest BCUT2D eigenvalue weighted by Gasteiger charge is 2.07. The number of thioether (sulfide) groups is 1. The van der Waals surface area contributed by atoms with Gasteiger partial charge in [0.15, 0.2) is 0 Å². The van der Waals surface area contributed by atoms with Crippen LogP contribution in [0.25, 0.3) is 0 Å². The van der Waals surface area contributed by atoms with Crippen molar-refractivity contribution in [2.45, 2.75) is 20.3 Å². The second-order valence-corrected chi connectivity index (χ2v) is 3.82. The fraction of sp³-hybridized carbons (Fsp3) is 0.857. The maximum absolute atomic E-state index is 4.27. The molecule has 1 aliphatic heterocycles. The van der Waals surface area contributed by atoms with E-state index in [1.54, 1.807) is 0 Å². The summed E-state index contributed by atoms with van der Waals surface area (Å²) in [5.74, 6) is 2.78. The summed E-state index contributed by atoms with van der Waals surface area (Å²) in [6.07, 6.45) is 1.15. The Morgan fingerprint density at radius 1 is 1.60 bits per heavy atom. The molecule has 1 aliphatic rings. The molecule has 1 N–H and O–H groups in total. The molecule has 0 radical (unpaired) electrons. The van der Waals surface area contributed by atoms with Gasteiger partial charge in [0, 0.05) is 11.5 Å². The molecular formula is C7H14N2S. The molecule has 0 saturated heterocycles. The van der Waals surface area contributed by atoms with Crippen LogP contribution in [-0.4, -0.2) is 17.3 Å². The van der Waals surface area contributed by atoms with Crippen LogP contribution in [-0.2, 0) is 0 Å². The first-order valence-corrected chi connectivity index (χ1v) is 4.83. The van der Waals surface area contributed by atoms with Crippen LogP contribution < -0.4 is 5.43 Å². The fourth-order valence-electron chi connectivity index (χ4n) is 0.902. The normalized spacial score (nSPS) is 19.7. The lowest BCUT2D eigenvalue weighted by atomic mass is 10.1. The molecule has 0 bridgehead atoms. The van der Waals surface area contributed by atoms with Crippen molar-refractivity contribution in [3.8, 4) is 0 Å². The predicted molar refractivity (Wildman–Crippen MR) is 47.4 cm³/mol. The smallest absolute Gasteiger partial charge is 0.0784 e. The Hall–Kier alpha value is -0.180. The van der Waals surface area contributed by atoms with Crippen LogP contribution in [0, 0.1) is 5.92 Å². The van der Waals surface area contributed by atoms with Crippen LogP contribution in [0.1, 0.15) is 20.3 Å². The van der Waals surface area contributed by atoms with E-state index in [4.69, 9.17) is 0 Å². The van der Waals surface area contributed by atoms with Crippen LogP contribution in [0.5, 0.6) is 0 Å². The fourth-order valence-corrected chi connectivity index (χ4v) is 1.56. The first-order valence-electron chi connectivity index (χ1n) is 3.68. The van der Waals surface area contributed by atoms with Gasteiger partial charge in [-0.25, -0.2) is 0 Å². The van der Waals surface area contributed by atoms with Gasteiger partial charge in [0.1, 0.15) is 0 Å². The van der Waals surface area contributed by atoms with E-state index in [-0.39, 0.29) is 0 Å². The van der Waals surface area contributed by atoms with E-state index in [1.807, 2.05) is 11.8 Å². The SMILES string of the molecule is CC(C)C1=NNCSCC1. The molecule has 2 nitrogen and oxygen atoms in total. The van der Waals surface area contributed by atoms with Gasteiger partial charge in [-0.15, -0.1) is 11.8 Å². The topological polar surface area (TPSA) is 24.4 Å². The first-order chi connectivity index (χ1) is 4.80. The third-order valence-electron chi connectivity index (χ3n) is 1.56. The van der Waals surface area contributed by atoms with Crippen molar-refractivity contribution < 1.29 is 0 Å². The molecule has 0 aliphatic carbocycles. The van der Waals surface area contributed by atoms with Crippen molar-refractivity contribution in [1.29, 1.82) is 0 Å². The molecule has 10 heavy (non-hydrogen) atoms. The zero-order chi connectivity index (χ0) is 7.40. The van der Waals surface area contributed by atoms with Crippen molar-refractivity contribution in [2.75, 3.05) is 11.6 Å². The number of hydrogen-bond donors (Lipinski definition) is 1. The lowest BCUT2D eigenvalue weighted by Gasteiger charge is -2.04. The summed E-state index contributed by atoms with van der Waals surface area (Å²) in [6, 6.07) is 0. The Labute approximate surface area is 66.5 Å². The van der Waals surface area contributed by atoms with Gasteiger partial charge in [-0.05, 0) is 12.3 Å². The molecule has 0 saturated carbocycles. The van der Waals surface area contributed by atoms with E-state index in [9.17, 15) is 0 Å². The predicted octanol–water partition coefficient (Wildman–Crippen LogP) is 1.68. The van der Waals surface area contributed by atoms with Crippen molar-refractivity contribution in [3.63, 3.8) is 0 Å². The molecule has 0 atom stereocenters. The van der Waals surface area contributed by atoms with E-state index < -0.39 is 0 Å². The largest absolute Gasteiger partial charge is 0.300 e. The van der Waals surface area contributed by atoms with Gasteiger partial charge < -0.3 is 5.43 Å². The molecule has 0 amide bonds.